The number of anilines is 3. The third-order valence-electron chi connectivity index (χ3n) is 10.4. The molecule has 3 nitrogen and oxygen atoms in total. The Kier molecular flexibility index (Phi) is 5.92. The Morgan fingerprint density at radius 2 is 1.12 bits per heavy atom. The summed E-state index contributed by atoms with van der Waals surface area (Å²) in [7, 11) is 0. The molecule has 0 saturated carbocycles. The van der Waals surface area contributed by atoms with E-state index in [0.717, 1.165) is 71.7 Å². The summed E-state index contributed by atoms with van der Waals surface area (Å²) in [6.07, 6.45) is 0. The van der Waals surface area contributed by atoms with E-state index in [1.165, 1.54) is 22.5 Å². The van der Waals surface area contributed by atoms with Gasteiger partial charge in [0.1, 0.15) is 11.2 Å². The van der Waals surface area contributed by atoms with Gasteiger partial charge in [0, 0.05) is 49.2 Å². The summed E-state index contributed by atoms with van der Waals surface area (Å²) < 4.78 is 7.03. The van der Waals surface area contributed by atoms with Crippen LogP contribution in [-0.2, 0) is 5.41 Å². The lowest BCUT2D eigenvalue weighted by molar-refractivity contribution is 0.632. The molecule has 0 aliphatic carbocycles. The molecule has 232 valence electrons. The van der Waals surface area contributed by atoms with E-state index in [4.69, 9.17) is 9.40 Å². The smallest absolute Gasteiger partial charge is 0.144 e. The van der Waals surface area contributed by atoms with E-state index in [0.29, 0.717) is 0 Å². The van der Waals surface area contributed by atoms with Crippen LogP contribution in [0, 0.1) is 0 Å². The van der Waals surface area contributed by atoms with Crippen molar-refractivity contribution in [3.63, 3.8) is 0 Å². The quantitative estimate of drug-likeness (QED) is 0.182. The zero-order valence-electron chi connectivity index (χ0n) is 27.3. The van der Waals surface area contributed by atoms with Crippen molar-refractivity contribution in [2.75, 3.05) is 4.90 Å². The second-order valence-corrected chi connectivity index (χ2v) is 13.5. The van der Waals surface area contributed by atoms with Crippen LogP contribution in [0.4, 0.5) is 17.1 Å². The maximum atomic E-state index is 7.03. The molecule has 1 aliphatic heterocycles. The number of fused-ring (bicyclic) bond motifs is 9. The molecule has 0 radical (unpaired) electrons. The summed E-state index contributed by atoms with van der Waals surface area (Å²) in [5, 5.41) is 5.50. The summed E-state index contributed by atoms with van der Waals surface area (Å²) in [6.45, 7) is 4.65. The van der Waals surface area contributed by atoms with Gasteiger partial charge in [0.05, 0.1) is 22.6 Å². The average molecular weight is 629 g/mol. The molecule has 2 aromatic heterocycles. The van der Waals surface area contributed by atoms with Crippen molar-refractivity contribution in [3.05, 3.63) is 169 Å². The summed E-state index contributed by atoms with van der Waals surface area (Å²) in [5.41, 5.74) is 13.1. The first-order valence-electron chi connectivity index (χ1n) is 16.9. The lowest BCUT2D eigenvalue weighted by Gasteiger charge is -2.42. The highest BCUT2D eigenvalue weighted by Gasteiger charge is 2.36. The molecule has 0 spiro atoms. The van der Waals surface area contributed by atoms with Gasteiger partial charge in [-0.3, -0.25) is 0 Å². The highest BCUT2D eigenvalue weighted by molar-refractivity contribution is 6.25. The zero-order valence-corrected chi connectivity index (χ0v) is 27.3. The molecule has 49 heavy (non-hydrogen) atoms. The Labute approximate surface area is 284 Å². The van der Waals surface area contributed by atoms with E-state index in [1.807, 2.05) is 6.07 Å². The molecule has 1 aliphatic rings. The van der Waals surface area contributed by atoms with E-state index in [2.05, 4.69) is 170 Å². The average Bonchev–Trinajstić information content (AvgIpc) is 3.54. The molecule has 0 atom stereocenters. The van der Waals surface area contributed by atoms with Gasteiger partial charge in [0.15, 0.2) is 0 Å². The third kappa shape index (κ3) is 4.06. The van der Waals surface area contributed by atoms with Crippen molar-refractivity contribution in [1.29, 1.82) is 0 Å². The van der Waals surface area contributed by atoms with E-state index < -0.39 is 0 Å². The minimum atomic E-state index is -0.107. The van der Waals surface area contributed by atoms with Crippen LogP contribution < -0.4 is 4.90 Å². The van der Waals surface area contributed by atoms with E-state index in [9.17, 15) is 0 Å². The Bertz CT molecular complexity index is 2710. The minimum Gasteiger partial charge on any atom is -0.455 e. The van der Waals surface area contributed by atoms with Crippen LogP contribution in [-0.4, -0.2) is 4.98 Å². The lowest BCUT2D eigenvalue weighted by atomic mass is 9.73. The molecular weight excluding hydrogens is 597 g/mol. The predicted octanol–water partition coefficient (Wildman–Crippen LogP) is 12.7. The standard InChI is InChI=1S/C46H32N2O/c1-46(2)37-21-7-10-24-40(37)48(41-25-11-8-22-38(41)46)31-17-12-16-30(28-31)32-19-13-20-33-34-26-27-36-42(45(34)49-44(32)33)35-18-6-9-23-39(35)47-43(36)29-14-4-3-5-15-29/h3-28H,1-2H3. The third-order valence-corrected chi connectivity index (χ3v) is 10.4. The molecule has 3 heterocycles. The van der Waals surface area contributed by atoms with Crippen LogP contribution >= 0.6 is 0 Å². The molecule has 0 bridgehead atoms. The fourth-order valence-electron chi connectivity index (χ4n) is 8.09. The van der Waals surface area contributed by atoms with Crippen LogP contribution in [0.3, 0.4) is 0 Å². The summed E-state index contributed by atoms with van der Waals surface area (Å²) in [4.78, 5) is 7.56. The highest BCUT2D eigenvalue weighted by Crippen LogP contribution is 2.52. The first-order chi connectivity index (χ1) is 24.1. The highest BCUT2D eigenvalue weighted by atomic mass is 16.3. The Hall–Kier alpha value is -6.19. The van der Waals surface area contributed by atoms with Gasteiger partial charge in [-0.1, -0.05) is 135 Å². The molecule has 9 aromatic rings. The van der Waals surface area contributed by atoms with Gasteiger partial charge < -0.3 is 9.32 Å². The number of nitrogens with zero attached hydrogens (tertiary/aromatic N) is 2. The summed E-state index contributed by atoms with van der Waals surface area (Å²) in [5.74, 6) is 0. The summed E-state index contributed by atoms with van der Waals surface area (Å²) >= 11 is 0. The van der Waals surface area contributed by atoms with Gasteiger partial charge in [-0.15, -0.1) is 0 Å². The van der Waals surface area contributed by atoms with E-state index >= 15 is 0 Å². The first-order valence-corrected chi connectivity index (χ1v) is 16.9. The van der Waals surface area contributed by atoms with Crippen LogP contribution in [0.2, 0.25) is 0 Å². The minimum absolute atomic E-state index is 0.107. The maximum absolute atomic E-state index is 7.03. The fourth-order valence-corrected chi connectivity index (χ4v) is 8.09. The molecule has 0 saturated heterocycles. The predicted molar refractivity (Wildman–Crippen MR) is 204 cm³/mol. The monoisotopic (exact) mass is 628 g/mol. The number of hydrogen-bond acceptors (Lipinski definition) is 3. The van der Waals surface area contributed by atoms with Crippen LogP contribution in [0.25, 0.3) is 66.0 Å². The molecule has 0 unspecified atom stereocenters. The van der Waals surface area contributed by atoms with Gasteiger partial charge in [0.2, 0.25) is 0 Å². The zero-order chi connectivity index (χ0) is 32.7. The van der Waals surface area contributed by atoms with E-state index in [1.54, 1.807) is 0 Å². The summed E-state index contributed by atoms with van der Waals surface area (Å²) in [6, 6.07) is 56.3. The van der Waals surface area contributed by atoms with Gasteiger partial charge in [-0.05, 0) is 53.1 Å². The van der Waals surface area contributed by atoms with Crippen molar-refractivity contribution in [1.82, 2.24) is 4.98 Å². The molecule has 3 heteroatoms. The molecule has 0 amide bonds. The fraction of sp³-hybridized carbons (Fsp3) is 0.0652. The number of pyridine rings is 1. The Morgan fingerprint density at radius 1 is 0.510 bits per heavy atom. The first kappa shape index (κ1) is 27.9. The topological polar surface area (TPSA) is 29.3 Å². The van der Waals surface area contributed by atoms with E-state index in [-0.39, 0.29) is 5.41 Å². The Morgan fingerprint density at radius 3 is 1.92 bits per heavy atom. The SMILES string of the molecule is CC1(C)c2ccccc2N(c2cccc(-c3cccc4c3oc3c4ccc4c(-c5ccccc5)nc5ccccc5c43)c2)c2ccccc21. The number of rotatable bonds is 3. The van der Waals surface area contributed by atoms with Crippen LogP contribution in [0.5, 0.6) is 0 Å². The molecule has 0 N–H and O–H groups in total. The number of hydrogen-bond donors (Lipinski definition) is 0. The van der Waals surface area contributed by atoms with Crippen molar-refractivity contribution < 1.29 is 4.42 Å². The second-order valence-electron chi connectivity index (χ2n) is 13.5. The second kappa shape index (κ2) is 10.4. The van der Waals surface area contributed by atoms with Gasteiger partial charge in [0.25, 0.3) is 0 Å². The molecule has 10 rings (SSSR count). The number of furan rings is 1. The number of aromatic nitrogens is 1. The van der Waals surface area contributed by atoms with Crippen LogP contribution in [0.15, 0.2) is 162 Å². The molecule has 7 aromatic carbocycles. The molecular formula is C46H32N2O. The maximum Gasteiger partial charge on any atom is 0.144 e. The normalized spacial score (nSPS) is 13.6. The van der Waals surface area contributed by atoms with Crippen molar-refractivity contribution >= 4 is 60.7 Å². The van der Waals surface area contributed by atoms with Crippen LogP contribution in [0.1, 0.15) is 25.0 Å². The largest absolute Gasteiger partial charge is 0.455 e. The van der Waals surface area contributed by atoms with Gasteiger partial charge in [-0.25, -0.2) is 4.98 Å². The van der Waals surface area contributed by atoms with Gasteiger partial charge in [-0.2, -0.15) is 0 Å². The lowest BCUT2D eigenvalue weighted by Crippen LogP contribution is -2.30. The van der Waals surface area contributed by atoms with Crippen molar-refractivity contribution in [2.24, 2.45) is 0 Å². The number of benzene rings is 7. The van der Waals surface area contributed by atoms with Crippen molar-refractivity contribution in [2.45, 2.75) is 19.3 Å². The molecule has 0 fully saturated rings. The Balaban J connectivity index is 1.20. The van der Waals surface area contributed by atoms with Gasteiger partial charge >= 0.3 is 0 Å². The van der Waals surface area contributed by atoms with Crippen molar-refractivity contribution in [3.8, 4) is 22.4 Å². The number of para-hydroxylation sites is 4.